The number of carbonyl (C=O) groups excluding carboxylic acids is 1. The summed E-state index contributed by atoms with van der Waals surface area (Å²) >= 11 is 0. The number of aromatic nitrogens is 2. The highest BCUT2D eigenvalue weighted by Crippen LogP contribution is 2.26. The Morgan fingerprint density at radius 2 is 1.97 bits per heavy atom. The van der Waals surface area contributed by atoms with Gasteiger partial charge >= 0.3 is 0 Å². The van der Waals surface area contributed by atoms with Crippen LogP contribution < -0.4 is 10.6 Å². The fourth-order valence-corrected chi connectivity index (χ4v) is 3.53. The number of halogens is 2. The van der Waals surface area contributed by atoms with Gasteiger partial charge in [-0.05, 0) is 63.6 Å². The van der Waals surface area contributed by atoms with E-state index < -0.39 is 11.6 Å². The number of rotatable bonds is 6. The molecule has 1 aromatic heterocycles. The molecule has 0 bridgehead atoms. The molecule has 3 aromatic rings. The average Bonchev–Trinajstić information content (AvgIpc) is 3.07. The van der Waals surface area contributed by atoms with E-state index in [2.05, 4.69) is 41.6 Å². The largest absolute Gasteiger partial charge is 0.348 e. The Kier molecular flexibility index (Phi) is 5.71. The van der Waals surface area contributed by atoms with Crippen molar-refractivity contribution in [2.45, 2.75) is 45.8 Å². The minimum Gasteiger partial charge on any atom is -0.348 e. The Balaban J connectivity index is 1.75. The van der Waals surface area contributed by atoms with E-state index in [9.17, 15) is 13.6 Å². The molecule has 0 saturated heterocycles. The summed E-state index contributed by atoms with van der Waals surface area (Å²) < 4.78 is 29.0. The maximum Gasteiger partial charge on any atom is 0.240 e. The van der Waals surface area contributed by atoms with Crippen LogP contribution in [0.3, 0.4) is 0 Å². The first kappa shape index (κ1) is 20.9. The number of hydrogen-bond donors (Lipinski definition) is 2. The van der Waals surface area contributed by atoms with Crippen molar-refractivity contribution < 1.29 is 13.6 Å². The number of imidazole rings is 1. The summed E-state index contributed by atoms with van der Waals surface area (Å²) in [6.45, 7) is 8.00. The normalized spacial score (nSPS) is 12.9. The molecule has 1 atom stereocenters. The van der Waals surface area contributed by atoms with E-state index >= 15 is 0 Å². The highest BCUT2D eigenvalue weighted by Gasteiger charge is 2.21. The van der Waals surface area contributed by atoms with Crippen molar-refractivity contribution in [2.24, 2.45) is 0 Å². The Bertz CT molecular complexity index is 1060. The topological polar surface area (TPSA) is 58.9 Å². The third kappa shape index (κ3) is 4.15. The quantitative estimate of drug-likeness (QED) is 0.659. The van der Waals surface area contributed by atoms with E-state index in [4.69, 9.17) is 0 Å². The van der Waals surface area contributed by atoms with Gasteiger partial charge in [0.25, 0.3) is 0 Å². The minimum absolute atomic E-state index is 0.0118. The van der Waals surface area contributed by atoms with Crippen LogP contribution in [-0.4, -0.2) is 22.5 Å². The Morgan fingerprint density at radius 1 is 1.24 bits per heavy atom. The number of nitrogens with one attached hydrogen (secondary N) is 2. The molecule has 5 nitrogen and oxygen atoms in total. The van der Waals surface area contributed by atoms with Gasteiger partial charge in [0, 0.05) is 5.54 Å². The lowest BCUT2D eigenvalue weighted by Gasteiger charge is -2.27. The van der Waals surface area contributed by atoms with Crippen molar-refractivity contribution >= 4 is 16.9 Å². The summed E-state index contributed by atoms with van der Waals surface area (Å²) in [7, 11) is 1.92. The lowest BCUT2D eigenvalue weighted by Crippen LogP contribution is -2.34. The van der Waals surface area contributed by atoms with Gasteiger partial charge in [0.1, 0.15) is 12.1 Å². The number of amides is 1. The van der Waals surface area contributed by atoms with Gasteiger partial charge in [-0.3, -0.25) is 4.79 Å². The standard InChI is InChI=1S/C22H26F2N4O/c1-13-10-15(6-7-16(13)22(3,4)25-5)14(2)27-19(29)11-28-12-26-18-9-8-17(23)20(24)21(18)28/h6-10,12,14,25H,11H2,1-5H3,(H,27,29). The molecule has 0 saturated carbocycles. The molecule has 7 heteroatoms. The second-order valence-electron chi connectivity index (χ2n) is 7.84. The van der Waals surface area contributed by atoms with Crippen molar-refractivity contribution in [1.29, 1.82) is 0 Å². The fourth-order valence-electron chi connectivity index (χ4n) is 3.53. The van der Waals surface area contributed by atoms with Gasteiger partial charge in [-0.1, -0.05) is 18.2 Å². The molecule has 1 amide bonds. The molecule has 1 unspecified atom stereocenters. The first-order chi connectivity index (χ1) is 13.6. The first-order valence-electron chi connectivity index (χ1n) is 9.52. The molecule has 3 rings (SSSR count). The van der Waals surface area contributed by atoms with Crippen LogP contribution in [0.5, 0.6) is 0 Å². The van der Waals surface area contributed by atoms with E-state index in [0.29, 0.717) is 5.52 Å². The van der Waals surface area contributed by atoms with E-state index in [0.717, 1.165) is 17.2 Å². The monoisotopic (exact) mass is 400 g/mol. The number of hydrogen-bond acceptors (Lipinski definition) is 3. The molecule has 0 aliphatic rings. The third-order valence-corrected chi connectivity index (χ3v) is 5.41. The van der Waals surface area contributed by atoms with Gasteiger partial charge in [-0.2, -0.15) is 0 Å². The molecular formula is C22H26F2N4O. The molecule has 0 spiro atoms. The summed E-state index contributed by atoms with van der Waals surface area (Å²) in [6, 6.07) is 8.30. The first-order valence-corrected chi connectivity index (χ1v) is 9.52. The van der Waals surface area contributed by atoms with Gasteiger partial charge in [0.2, 0.25) is 5.91 Å². The van der Waals surface area contributed by atoms with Crippen LogP contribution in [0, 0.1) is 18.6 Å². The number of nitrogens with zero attached hydrogens (tertiary/aromatic N) is 2. The maximum atomic E-state index is 14.1. The smallest absolute Gasteiger partial charge is 0.240 e. The predicted octanol–water partition coefficient (Wildman–Crippen LogP) is 3.95. The summed E-state index contributed by atoms with van der Waals surface area (Å²) in [5.74, 6) is -2.27. The summed E-state index contributed by atoms with van der Waals surface area (Å²) in [4.78, 5) is 16.5. The zero-order valence-electron chi connectivity index (χ0n) is 17.3. The van der Waals surface area contributed by atoms with Crippen molar-refractivity contribution in [1.82, 2.24) is 20.2 Å². The van der Waals surface area contributed by atoms with Gasteiger partial charge in [-0.25, -0.2) is 13.8 Å². The lowest BCUT2D eigenvalue weighted by atomic mass is 9.88. The van der Waals surface area contributed by atoms with Crippen LogP contribution in [0.2, 0.25) is 0 Å². The van der Waals surface area contributed by atoms with E-state index in [1.54, 1.807) is 0 Å². The van der Waals surface area contributed by atoms with E-state index in [1.807, 2.05) is 27.0 Å². The Morgan fingerprint density at radius 3 is 2.62 bits per heavy atom. The number of aryl methyl sites for hydroxylation is 1. The summed E-state index contributed by atoms with van der Waals surface area (Å²) in [6.07, 6.45) is 1.34. The lowest BCUT2D eigenvalue weighted by molar-refractivity contribution is -0.122. The molecule has 29 heavy (non-hydrogen) atoms. The molecule has 0 radical (unpaired) electrons. The molecular weight excluding hydrogens is 374 g/mol. The zero-order chi connectivity index (χ0) is 21.3. The van der Waals surface area contributed by atoms with E-state index in [-0.39, 0.29) is 29.5 Å². The second-order valence-corrected chi connectivity index (χ2v) is 7.84. The maximum absolute atomic E-state index is 14.1. The Hall–Kier alpha value is -2.80. The van der Waals surface area contributed by atoms with Gasteiger partial charge in [0.05, 0.1) is 17.9 Å². The SMILES string of the molecule is CNC(C)(C)c1ccc(C(C)NC(=O)Cn2cnc3ccc(F)c(F)c32)cc1C. The van der Waals surface area contributed by atoms with Gasteiger partial charge in [0.15, 0.2) is 11.6 Å². The van der Waals surface area contributed by atoms with Crippen molar-refractivity contribution in [2.75, 3.05) is 7.05 Å². The highest BCUT2D eigenvalue weighted by atomic mass is 19.2. The fraction of sp³-hybridized carbons (Fsp3) is 0.364. The molecule has 1 heterocycles. The third-order valence-electron chi connectivity index (χ3n) is 5.41. The number of fused-ring (bicyclic) bond motifs is 1. The average molecular weight is 400 g/mol. The Labute approximate surface area is 169 Å². The minimum atomic E-state index is -1.00. The molecule has 2 aromatic carbocycles. The van der Waals surface area contributed by atoms with Crippen molar-refractivity contribution in [3.8, 4) is 0 Å². The summed E-state index contributed by atoms with van der Waals surface area (Å²) in [5, 5.41) is 6.20. The van der Waals surface area contributed by atoms with E-state index in [1.165, 1.54) is 22.5 Å². The molecule has 154 valence electrons. The number of benzene rings is 2. The van der Waals surface area contributed by atoms with Crippen LogP contribution in [0.4, 0.5) is 8.78 Å². The van der Waals surface area contributed by atoms with Crippen LogP contribution >= 0.6 is 0 Å². The summed E-state index contributed by atoms with van der Waals surface area (Å²) in [5.41, 5.74) is 3.42. The second kappa shape index (κ2) is 7.91. The molecule has 0 aliphatic heterocycles. The molecule has 2 N–H and O–H groups in total. The van der Waals surface area contributed by atoms with Crippen molar-refractivity contribution in [3.63, 3.8) is 0 Å². The van der Waals surface area contributed by atoms with Crippen LogP contribution in [0.25, 0.3) is 11.0 Å². The van der Waals surface area contributed by atoms with Crippen LogP contribution in [0.15, 0.2) is 36.7 Å². The van der Waals surface area contributed by atoms with Crippen LogP contribution in [0.1, 0.15) is 43.5 Å². The van der Waals surface area contributed by atoms with Gasteiger partial charge in [-0.15, -0.1) is 0 Å². The van der Waals surface area contributed by atoms with Gasteiger partial charge < -0.3 is 15.2 Å². The number of carbonyl (C=O) groups is 1. The molecule has 0 fully saturated rings. The zero-order valence-corrected chi connectivity index (χ0v) is 17.3. The van der Waals surface area contributed by atoms with Crippen LogP contribution in [-0.2, 0) is 16.9 Å². The van der Waals surface area contributed by atoms with Crippen molar-refractivity contribution in [3.05, 3.63) is 65.0 Å². The molecule has 0 aliphatic carbocycles. The highest BCUT2D eigenvalue weighted by molar-refractivity contribution is 5.81. The predicted molar refractivity (Wildman–Crippen MR) is 109 cm³/mol.